The number of rotatable bonds is 10. The van der Waals surface area contributed by atoms with Crippen LogP contribution in [-0.2, 0) is 19.6 Å². The van der Waals surface area contributed by atoms with Gasteiger partial charge in [-0.05, 0) is 6.92 Å². The Morgan fingerprint density at radius 2 is 1.68 bits per heavy atom. The summed E-state index contributed by atoms with van der Waals surface area (Å²) in [5.41, 5.74) is 0.954. The highest BCUT2D eigenvalue weighted by Gasteiger charge is 2.24. The van der Waals surface area contributed by atoms with E-state index in [1.807, 2.05) is 49.1 Å². The summed E-state index contributed by atoms with van der Waals surface area (Å²) in [6.45, 7) is 8.90. The smallest absolute Gasteiger partial charge is 0.359 e. The van der Waals surface area contributed by atoms with Crippen molar-refractivity contribution in [2.45, 2.75) is 26.5 Å². The lowest BCUT2D eigenvalue weighted by Gasteiger charge is -2.35. The topological polar surface area (TPSA) is 101 Å². The van der Waals surface area contributed by atoms with Gasteiger partial charge in [-0.1, -0.05) is 12.2 Å². The molecule has 0 heterocycles. The zero-order chi connectivity index (χ0) is 20.5. The number of carboxylic acid groups (broad SMARTS) is 1. The Morgan fingerprint density at radius 1 is 1.20 bits per heavy atom. The molecule has 150 valence electrons. The molecule has 0 fully saturated rings. The molecule has 0 bridgehead atoms. The number of aliphatic carboxylic acids is 1. The molecular weight excluding hydrogens is 348 g/mol. The Labute approximate surface area is 152 Å². The number of ether oxygens (including phenoxy) is 1. The van der Waals surface area contributed by atoms with Crippen molar-refractivity contribution in [3.05, 3.63) is 12.2 Å². The third-order valence-corrected chi connectivity index (χ3v) is 4.11. The Balaban J connectivity index is 0. The van der Waals surface area contributed by atoms with Gasteiger partial charge in [0.2, 0.25) is 0 Å². The molecule has 0 aromatic carbocycles. The van der Waals surface area contributed by atoms with Crippen molar-refractivity contribution in [2.24, 2.45) is 0 Å². The monoisotopic (exact) mass is 384 g/mol. The van der Waals surface area contributed by atoms with Gasteiger partial charge in [0.1, 0.15) is 0 Å². The van der Waals surface area contributed by atoms with Crippen molar-refractivity contribution >= 4 is 16.1 Å². The molecule has 8 nitrogen and oxygen atoms in total. The van der Waals surface area contributed by atoms with Crippen LogP contribution in [0.3, 0.4) is 0 Å². The maximum atomic E-state index is 10.6. The van der Waals surface area contributed by atoms with Gasteiger partial charge in [0, 0.05) is 13.3 Å². The Bertz CT molecular complexity index is 523. The van der Waals surface area contributed by atoms with Gasteiger partial charge in [0.15, 0.2) is 12.8 Å². The van der Waals surface area contributed by atoms with Crippen molar-refractivity contribution in [1.29, 1.82) is 0 Å². The van der Waals surface area contributed by atoms with E-state index in [0.29, 0.717) is 28.5 Å². The van der Waals surface area contributed by atoms with Crippen molar-refractivity contribution < 1.29 is 36.6 Å². The van der Waals surface area contributed by atoms with E-state index in [4.69, 9.17) is 14.4 Å². The van der Waals surface area contributed by atoms with E-state index in [1.54, 1.807) is 0 Å². The average molecular weight is 385 g/mol. The molecule has 0 aliphatic heterocycles. The number of nitrogens with zero attached hydrogens (tertiary/aromatic N) is 2. The van der Waals surface area contributed by atoms with Crippen molar-refractivity contribution in [3.63, 3.8) is 0 Å². The fourth-order valence-electron chi connectivity index (χ4n) is 1.71. The Hall–Kier alpha value is -1.00. The number of quaternary nitrogens is 2. The van der Waals surface area contributed by atoms with Crippen LogP contribution in [0.5, 0.6) is 0 Å². The Morgan fingerprint density at radius 3 is 1.96 bits per heavy atom. The third-order valence-electron chi connectivity index (χ3n) is 3.30. The van der Waals surface area contributed by atoms with Gasteiger partial charge in [-0.15, -0.1) is 0 Å². The summed E-state index contributed by atoms with van der Waals surface area (Å²) in [6.07, 6.45) is 0.361. The largest absolute Gasteiger partial charge is 0.477 e. The van der Waals surface area contributed by atoms with Crippen LogP contribution < -0.4 is 0 Å². The fourth-order valence-corrected chi connectivity index (χ4v) is 2.20. The van der Waals surface area contributed by atoms with Crippen LogP contribution in [0.4, 0.5) is 0 Å². The molecule has 0 spiro atoms. The SMILES string of the molecule is C=C(C)COC(C)[N+](C)(C)CCCS(=O)(=O)O.C[N+](C)(C)CC(=O)O. The standard InChI is InChI=1S/C11H23NO4S.C5H11NO2/c1-10(2)9-16-11(3)12(4,5)7-6-8-17(13,14)15;1-6(2,3)4-5(7)8/h11H,1,6-9H2,2-5H3;4H2,1-3H3/p+2. The first-order valence-electron chi connectivity index (χ1n) is 8.02. The normalized spacial score (nSPS) is 13.6. The van der Waals surface area contributed by atoms with Crippen molar-refractivity contribution in [1.82, 2.24) is 0 Å². The quantitative estimate of drug-likeness (QED) is 0.253. The van der Waals surface area contributed by atoms with E-state index in [9.17, 15) is 13.2 Å². The summed E-state index contributed by atoms with van der Waals surface area (Å²) in [5.74, 6) is -0.959. The molecule has 2 N–H and O–H groups in total. The molecule has 0 rings (SSSR count). The van der Waals surface area contributed by atoms with Crippen LogP contribution in [0.1, 0.15) is 20.3 Å². The molecule has 0 saturated carbocycles. The highest BCUT2D eigenvalue weighted by molar-refractivity contribution is 7.85. The van der Waals surface area contributed by atoms with Gasteiger partial charge in [0.05, 0.1) is 54.1 Å². The molecule has 1 atom stereocenters. The maximum absolute atomic E-state index is 10.6. The number of likely N-dealkylation sites (N-methyl/N-ethyl adjacent to an activating group) is 1. The number of hydrogen-bond acceptors (Lipinski definition) is 4. The molecular formula is C16H36N2O6S+2. The first-order chi connectivity index (χ1) is 11.0. The van der Waals surface area contributed by atoms with Crippen LogP contribution >= 0.6 is 0 Å². The molecule has 0 aromatic heterocycles. The second kappa shape index (κ2) is 10.9. The highest BCUT2D eigenvalue weighted by Crippen LogP contribution is 2.10. The van der Waals surface area contributed by atoms with Gasteiger partial charge in [0.25, 0.3) is 10.1 Å². The van der Waals surface area contributed by atoms with E-state index in [0.717, 1.165) is 5.57 Å². The molecule has 0 aromatic rings. The lowest BCUT2D eigenvalue weighted by atomic mass is 10.3. The maximum Gasteiger partial charge on any atom is 0.359 e. The fraction of sp³-hybridized carbons (Fsp3) is 0.812. The summed E-state index contributed by atoms with van der Waals surface area (Å²) in [7, 11) is 5.59. The lowest BCUT2D eigenvalue weighted by molar-refractivity contribution is -0.935. The van der Waals surface area contributed by atoms with E-state index >= 15 is 0 Å². The van der Waals surface area contributed by atoms with Crippen LogP contribution in [0.2, 0.25) is 0 Å². The Kier molecular flexibility index (Phi) is 11.4. The van der Waals surface area contributed by atoms with Crippen LogP contribution in [0.15, 0.2) is 12.2 Å². The summed E-state index contributed by atoms with van der Waals surface area (Å²) in [5, 5.41) is 8.23. The van der Waals surface area contributed by atoms with Gasteiger partial charge in [-0.3, -0.25) is 4.55 Å². The van der Waals surface area contributed by atoms with Crippen molar-refractivity contribution in [3.8, 4) is 0 Å². The zero-order valence-electron chi connectivity index (χ0n) is 16.7. The predicted molar refractivity (Wildman–Crippen MR) is 98.8 cm³/mol. The van der Waals surface area contributed by atoms with Crippen LogP contribution in [0.25, 0.3) is 0 Å². The summed E-state index contributed by atoms with van der Waals surface area (Å²) in [6, 6.07) is 0. The van der Waals surface area contributed by atoms with Gasteiger partial charge in [-0.25, -0.2) is 4.79 Å². The third kappa shape index (κ3) is 19.2. The van der Waals surface area contributed by atoms with Crippen LogP contribution in [0, 0.1) is 0 Å². The summed E-state index contributed by atoms with van der Waals surface area (Å²) >= 11 is 0. The second-order valence-corrected chi connectivity index (χ2v) is 9.42. The van der Waals surface area contributed by atoms with E-state index in [2.05, 4.69) is 6.58 Å². The average Bonchev–Trinajstić information content (AvgIpc) is 2.31. The summed E-state index contributed by atoms with van der Waals surface area (Å²) in [4.78, 5) is 10.00. The molecule has 0 aliphatic rings. The molecule has 0 radical (unpaired) electrons. The van der Waals surface area contributed by atoms with E-state index in [-0.39, 0.29) is 18.5 Å². The summed E-state index contributed by atoms with van der Waals surface area (Å²) < 4.78 is 36.5. The molecule has 0 saturated heterocycles. The predicted octanol–water partition coefficient (Wildman–Crippen LogP) is 1.06. The number of hydrogen-bond donors (Lipinski definition) is 2. The molecule has 0 aliphatic carbocycles. The van der Waals surface area contributed by atoms with Crippen molar-refractivity contribution in [2.75, 3.05) is 60.7 Å². The first kappa shape index (κ1) is 26.2. The van der Waals surface area contributed by atoms with Gasteiger partial charge >= 0.3 is 5.97 Å². The van der Waals surface area contributed by atoms with Gasteiger partial charge in [-0.2, -0.15) is 8.42 Å². The second-order valence-electron chi connectivity index (χ2n) is 7.85. The number of carboxylic acids is 1. The molecule has 9 heteroatoms. The highest BCUT2D eigenvalue weighted by atomic mass is 32.2. The number of carbonyl (C=O) groups is 1. The first-order valence-corrected chi connectivity index (χ1v) is 9.63. The minimum Gasteiger partial charge on any atom is -0.477 e. The van der Waals surface area contributed by atoms with E-state index in [1.165, 1.54) is 0 Å². The molecule has 1 unspecified atom stereocenters. The van der Waals surface area contributed by atoms with E-state index < -0.39 is 16.1 Å². The minimum absolute atomic E-state index is 0.0481. The zero-order valence-corrected chi connectivity index (χ0v) is 17.5. The van der Waals surface area contributed by atoms with Gasteiger partial charge < -0.3 is 18.8 Å². The molecule has 25 heavy (non-hydrogen) atoms. The minimum atomic E-state index is -3.86. The molecule has 0 amide bonds. The lowest BCUT2D eigenvalue weighted by Crippen LogP contribution is -2.49. The van der Waals surface area contributed by atoms with Crippen LogP contribution in [-0.4, -0.2) is 99.9 Å².